The van der Waals surface area contributed by atoms with Gasteiger partial charge in [-0.2, -0.15) is 0 Å². The highest BCUT2D eigenvalue weighted by Crippen LogP contribution is 2.31. The summed E-state index contributed by atoms with van der Waals surface area (Å²) in [6.07, 6.45) is 0.953. The van der Waals surface area contributed by atoms with Crippen molar-refractivity contribution < 1.29 is 23.2 Å². The van der Waals surface area contributed by atoms with E-state index in [0.717, 1.165) is 41.7 Å². The van der Waals surface area contributed by atoms with Crippen LogP contribution in [-0.2, 0) is 11.2 Å². The third kappa shape index (κ3) is 5.27. The molecule has 0 aliphatic heterocycles. The highest BCUT2D eigenvalue weighted by Gasteiger charge is 2.21. The monoisotopic (exact) mass is 420 g/mol. The first-order valence-electron chi connectivity index (χ1n) is 9.35. The Balaban J connectivity index is 1.86. The normalized spacial score (nSPS) is 11.2. The van der Waals surface area contributed by atoms with Crippen molar-refractivity contribution in [1.82, 2.24) is 4.98 Å². The largest absolute Gasteiger partial charge is 0.497 e. The molecule has 0 fully saturated rings. The lowest BCUT2D eigenvalue weighted by atomic mass is 10.1. The van der Waals surface area contributed by atoms with Gasteiger partial charge in [-0.15, -0.1) is 0 Å². The van der Waals surface area contributed by atoms with E-state index in [1.165, 1.54) is 11.0 Å². The number of fused-ring (bicyclic) bond motifs is 1. The van der Waals surface area contributed by atoms with Crippen molar-refractivity contribution in [2.24, 2.45) is 0 Å². The minimum Gasteiger partial charge on any atom is -0.497 e. The lowest BCUT2D eigenvalue weighted by molar-refractivity contribution is -0.858. The summed E-state index contributed by atoms with van der Waals surface area (Å²) in [4.78, 5) is 20.2. The molecular weight excluding hydrogens is 396 g/mol. The Morgan fingerprint density at radius 1 is 1.21 bits per heavy atom. The first-order chi connectivity index (χ1) is 13.9. The molecular formula is C21H24F2N3O2S+. The van der Waals surface area contributed by atoms with E-state index >= 15 is 0 Å². The Bertz CT molecular complexity index is 990. The molecule has 5 nitrogen and oxygen atoms in total. The van der Waals surface area contributed by atoms with Crippen LogP contribution < -0.4 is 14.5 Å². The van der Waals surface area contributed by atoms with E-state index in [2.05, 4.69) is 4.98 Å². The predicted octanol–water partition coefficient (Wildman–Crippen LogP) is 2.69. The maximum atomic E-state index is 14.1. The molecule has 0 radical (unpaired) electrons. The number of rotatable bonds is 8. The van der Waals surface area contributed by atoms with Crippen LogP contribution in [0.4, 0.5) is 13.9 Å². The van der Waals surface area contributed by atoms with Crippen LogP contribution >= 0.6 is 11.3 Å². The van der Waals surface area contributed by atoms with Gasteiger partial charge in [0.1, 0.15) is 17.1 Å². The minimum absolute atomic E-state index is 0.0897. The Hall–Kier alpha value is -2.58. The number of nitrogens with zero attached hydrogens (tertiary/aromatic N) is 2. The van der Waals surface area contributed by atoms with E-state index < -0.39 is 11.6 Å². The third-order valence-electron chi connectivity index (χ3n) is 4.51. The molecule has 29 heavy (non-hydrogen) atoms. The second-order valence-corrected chi connectivity index (χ2v) is 8.12. The highest BCUT2D eigenvalue weighted by molar-refractivity contribution is 7.22. The first-order valence-corrected chi connectivity index (χ1v) is 10.2. The third-order valence-corrected chi connectivity index (χ3v) is 5.53. The van der Waals surface area contributed by atoms with Gasteiger partial charge < -0.3 is 9.64 Å². The standard InChI is InChI=1S/C21H23F2N3O2S/c1-25(2)9-4-10-26(19(27)11-14-5-7-16(28-3)8-6-14)21-24-20-17(23)12-15(22)13-18(20)29-21/h5-8,12-13H,4,9-11H2,1-3H3/p+1. The molecule has 1 N–H and O–H groups in total. The summed E-state index contributed by atoms with van der Waals surface area (Å²) < 4.78 is 33.2. The van der Waals surface area contributed by atoms with Gasteiger partial charge in [0.2, 0.25) is 5.91 Å². The van der Waals surface area contributed by atoms with Crippen LogP contribution in [0.15, 0.2) is 36.4 Å². The molecule has 2 aromatic carbocycles. The maximum absolute atomic E-state index is 14.1. The fourth-order valence-electron chi connectivity index (χ4n) is 2.99. The Morgan fingerprint density at radius 3 is 2.59 bits per heavy atom. The number of carbonyl (C=O) groups is 1. The van der Waals surface area contributed by atoms with Crippen molar-refractivity contribution in [2.75, 3.05) is 39.2 Å². The number of thiazole rings is 1. The van der Waals surface area contributed by atoms with Gasteiger partial charge in [0, 0.05) is 19.0 Å². The van der Waals surface area contributed by atoms with Gasteiger partial charge in [0.05, 0.1) is 38.9 Å². The van der Waals surface area contributed by atoms with Crippen LogP contribution in [0.5, 0.6) is 5.75 Å². The molecule has 0 aliphatic carbocycles. The molecule has 0 saturated carbocycles. The van der Waals surface area contributed by atoms with E-state index in [9.17, 15) is 13.6 Å². The van der Waals surface area contributed by atoms with Gasteiger partial charge in [-0.1, -0.05) is 23.5 Å². The van der Waals surface area contributed by atoms with Gasteiger partial charge in [0.25, 0.3) is 0 Å². The van der Waals surface area contributed by atoms with E-state index in [4.69, 9.17) is 4.74 Å². The molecule has 0 spiro atoms. The van der Waals surface area contributed by atoms with Crippen LogP contribution in [0.3, 0.4) is 0 Å². The molecule has 3 rings (SSSR count). The van der Waals surface area contributed by atoms with Gasteiger partial charge in [-0.05, 0) is 23.8 Å². The highest BCUT2D eigenvalue weighted by atomic mass is 32.1. The van der Waals surface area contributed by atoms with Gasteiger partial charge in [-0.25, -0.2) is 13.8 Å². The zero-order valence-electron chi connectivity index (χ0n) is 16.7. The van der Waals surface area contributed by atoms with Crippen molar-refractivity contribution in [1.29, 1.82) is 0 Å². The first kappa shape index (κ1) is 21.1. The molecule has 3 aromatic rings. The molecule has 1 amide bonds. The number of anilines is 1. The van der Waals surface area contributed by atoms with Crippen molar-refractivity contribution in [2.45, 2.75) is 12.8 Å². The summed E-state index contributed by atoms with van der Waals surface area (Å²) in [5, 5.41) is 0.386. The molecule has 0 bridgehead atoms. The van der Waals surface area contributed by atoms with Crippen molar-refractivity contribution in [3.63, 3.8) is 0 Å². The van der Waals surface area contributed by atoms with Crippen LogP contribution in [0.25, 0.3) is 10.2 Å². The van der Waals surface area contributed by atoms with Gasteiger partial charge >= 0.3 is 0 Å². The summed E-state index contributed by atoms with van der Waals surface area (Å²) in [5.41, 5.74) is 0.934. The second kappa shape index (κ2) is 9.28. The SMILES string of the molecule is COc1ccc(CC(=O)N(CCC[NH+](C)C)c2nc3c(F)cc(F)cc3s2)cc1. The van der Waals surface area contributed by atoms with Crippen LogP contribution in [0.2, 0.25) is 0 Å². The van der Waals surface area contributed by atoms with E-state index in [1.807, 2.05) is 26.2 Å². The van der Waals surface area contributed by atoms with Crippen LogP contribution in [0.1, 0.15) is 12.0 Å². The van der Waals surface area contributed by atoms with E-state index in [1.54, 1.807) is 24.1 Å². The average molecular weight is 421 g/mol. The molecule has 0 unspecified atom stereocenters. The van der Waals surface area contributed by atoms with E-state index in [-0.39, 0.29) is 17.8 Å². The molecule has 154 valence electrons. The Labute approximate surface area is 172 Å². The predicted molar refractivity (Wildman–Crippen MR) is 111 cm³/mol. The number of aromatic nitrogens is 1. The lowest BCUT2D eigenvalue weighted by Gasteiger charge is -2.20. The van der Waals surface area contributed by atoms with Crippen molar-refractivity contribution >= 4 is 32.6 Å². The molecule has 0 atom stereocenters. The number of carbonyl (C=O) groups excluding carboxylic acids is 1. The fourth-order valence-corrected chi connectivity index (χ4v) is 4.04. The van der Waals surface area contributed by atoms with Gasteiger partial charge in [-0.3, -0.25) is 9.69 Å². The van der Waals surface area contributed by atoms with Crippen LogP contribution in [0, 0.1) is 11.6 Å². The average Bonchev–Trinajstić information content (AvgIpc) is 3.09. The van der Waals surface area contributed by atoms with Crippen LogP contribution in [-0.4, -0.2) is 45.2 Å². The summed E-state index contributed by atoms with van der Waals surface area (Å²) in [5.74, 6) is -0.792. The number of benzene rings is 2. The Kier molecular flexibility index (Phi) is 6.76. The maximum Gasteiger partial charge on any atom is 0.233 e. The number of quaternary nitrogens is 1. The molecule has 0 saturated heterocycles. The number of halogens is 2. The number of hydrogen-bond donors (Lipinski definition) is 1. The summed E-state index contributed by atoms with van der Waals surface area (Å²) >= 11 is 1.12. The number of methoxy groups -OCH3 is 1. The topological polar surface area (TPSA) is 46.9 Å². The molecule has 1 heterocycles. The smallest absolute Gasteiger partial charge is 0.233 e. The summed E-state index contributed by atoms with van der Waals surface area (Å²) in [7, 11) is 5.67. The summed E-state index contributed by atoms with van der Waals surface area (Å²) in [6.45, 7) is 1.34. The number of nitrogens with one attached hydrogen (secondary N) is 1. The quantitative estimate of drug-likeness (QED) is 0.610. The second-order valence-electron chi connectivity index (χ2n) is 7.11. The van der Waals surface area contributed by atoms with Crippen molar-refractivity contribution in [3.8, 4) is 5.75 Å². The lowest BCUT2D eigenvalue weighted by Crippen LogP contribution is -3.05. The molecule has 1 aromatic heterocycles. The van der Waals surface area contributed by atoms with Gasteiger partial charge in [0.15, 0.2) is 10.9 Å². The van der Waals surface area contributed by atoms with E-state index in [0.29, 0.717) is 16.4 Å². The summed E-state index contributed by atoms with van der Waals surface area (Å²) in [6, 6.07) is 9.34. The number of ether oxygens (including phenoxy) is 1. The molecule has 8 heteroatoms. The number of hydrogen-bond acceptors (Lipinski definition) is 4. The molecule has 0 aliphatic rings. The number of amides is 1. The minimum atomic E-state index is -0.720. The zero-order chi connectivity index (χ0) is 21.0. The zero-order valence-corrected chi connectivity index (χ0v) is 17.5. The van der Waals surface area contributed by atoms with Crippen molar-refractivity contribution in [3.05, 3.63) is 53.6 Å². The fraction of sp³-hybridized carbons (Fsp3) is 0.333. The Morgan fingerprint density at radius 2 is 1.93 bits per heavy atom.